The van der Waals surface area contributed by atoms with Crippen LogP contribution in [0, 0.1) is 0 Å². The van der Waals surface area contributed by atoms with E-state index in [1.807, 2.05) is 21.1 Å². The molecule has 1 N–H and O–H groups in total. The largest absolute Gasteiger partial charge is 0.477 e. The zero-order chi connectivity index (χ0) is 51.3. The molecule has 404 valence electrons. The first-order chi connectivity index (χ1) is 34.1. The molecule has 0 aromatic rings. The van der Waals surface area contributed by atoms with Gasteiger partial charge in [0.05, 0.1) is 34.4 Å². The maximum absolute atomic E-state index is 12.8. The van der Waals surface area contributed by atoms with Crippen LogP contribution in [0.3, 0.4) is 0 Å². The number of hydrogen-bond acceptors (Lipinski definition) is 6. The standard InChI is InChI=1S/C62H109NO7/c1-6-8-10-12-14-16-18-20-22-24-26-28-30-32-34-36-38-40-42-44-46-48-50-52-60(64)69-57-58(56-68-55-54-59(62(66)67)63(3,4)5)70-61(65)53-51-49-47-45-43-41-39-37-35-33-31-29-27-25-23-21-19-17-15-13-11-9-7-2/h9,11,15,17,21,23,27,29,33,35,39,41,58-59H,6-8,10,12-14,16,18-20,22,24-26,28,30-32,34,36-38,40,42-57H2,1-5H3/p+1/b11-9+,17-15+,23-21+,29-27+,35-33+,41-39+. The van der Waals surface area contributed by atoms with Crippen molar-refractivity contribution in [3.8, 4) is 0 Å². The smallest absolute Gasteiger partial charge is 0.362 e. The zero-order valence-corrected chi connectivity index (χ0v) is 46.2. The number of carbonyl (C=O) groups is 3. The summed E-state index contributed by atoms with van der Waals surface area (Å²) >= 11 is 0. The van der Waals surface area contributed by atoms with E-state index in [2.05, 4.69) is 86.8 Å². The van der Waals surface area contributed by atoms with Crippen LogP contribution in [0.25, 0.3) is 0 Å². The molecule has 0 aromatic heterocycles. The molecule has 0 heterocycles. The molecule has 0 aromatic carbocycles. The highest BCUT2D eigenvalue weighted by Gasteiger charge is 2.31. The van der Waals surface area contributed by atoms with Crippen LogP contribution in [0.4, 0.5) is 0 Å². The van der Waals surface area contributed by atoms with Gasteiger partial charge in [0.25, 0.3) is 0 Å². The van der Waals surface area contributed by atoms with Crippen molar-refractivity contribution in [1.82, 2.24) is 0 Å². The van der Waals surface area contributed by atoms with Gasteiger partial charge in [-0.1, -0.05) is 241 Å². The van der Waals surface area contributed by atoms with Crippen LogP contribution in [0.2, 0.25) is 0 Å². The normalized spacial score (nSPS) is 13.3. The number of aliphatic carboxylic acids is 1. The Balaban J connectivity index is 4.21. The minimum absolute atomic E-state index is 0.0495. The monoisotopic (exact) mass is 981 g/mol. The SMILES string of the molecule is CC/C=C/C/C=C/C/C=C/C/C=C/C/C=C/C/C=C/CCCCCCC(=O)OC(COCCC(C(=O)O)[N+](C)(C)C)COC(=O)CCCCCCCCCCCCCCCCCCCCCCCCC. The zero-order valence-electron chi connectivity index (χ0n) is 46.2. The van der Waals surface area contributed by atoms with Crippen molar-refractivity contribution in [2.45, 2.75) is 264 Å². The van der Waals surface area contributed by atoms with E-state index >= 15 is 0 Å². The highest BCUT2D eigenvalue weighted by Crippen LogP contribution is 2.17. The minimum atomic E-state index is -0.879. The number of carboxylic acids is 1. The van der Waals surface area contributed by atoms with Crippen molar-refractivity contribution in [3.05, 3.63) is 72.9 Å². The number of carbonyl (C=O) groups excluding carboxylic acids is 2. The van der Waals surface area contributed by atoms with E-state index < -0.39 is 18.1 Å². The third-order valence-electron chi connectivity index (χ3n) is 12.9. The first-order valence-corrected chi connectivity index (χ1v) is 29.0. The summed E-state index contributed by atoms with van der Waals surface area (Å²) in [4.78, 5) is 37.3. The van der Waals surface area contributed by atoms with Gasteiger partial charge in [0.2, 0.25) is 0 Å². The molecule has 0 aliphatic heterocycles. The van der Waals surface area contributed by atoms with Gasteiger partial charge in [-0.3, -0.25) is 9.59 Å². The van der Waals surface area contributed by atoms with Crippen LogP contribution in [0.15, 0.2) is 72.9 Å². The predicted octanol–water partition coefficient (Wildman–Crippen LogP) is 17.4. The lowest BCUT2D eigenvalue weighted by Crippen LogP contribution is -2.50. The van der Waals surface area contributed by atoms with Gasteiger partial charge in [-0.25, -0.2) is 4.79 Å². The maximum Gasteiger partial charge on any atom is 0.362 e. The van der Waals surface area contributed by atoms with E-state index in [0.717, 1.165) is 89.9 Å². The molecule has 0 aliphatic rings. The Morgan fingerprint density at radius 1 is 0.443 bits per heavy atom. The summed E-state index contributed by atoms with van der Waals surface area (Å²) in [6.45, 7) is 4.63. The number of hydrogen-bond donors (Lipinski definition) is 1. The Labute approximate surface area is 431 Å². The molecular formula is C62H110NO7+. The topological polar surface area (TPSA) is 99.1 Å². The second-order valence-electron chi connectivity index (χ2n) is 20.5. The van der Waals surface area contributed by atoms with E-state index in [0.29, 0.717) is 19.3 Å². The molecule has 8 heteroatoms. The molecular weight excluding hydrogens is 871 g/mol. The fourth-order valence-electron chi connectivity index (χ4n) is 8.45. The number of ether oxygens (including phenoxy) is 3. The molecule has 2 unspecified atom stereocenters. The molecule has 2 atom stereocenters. The van der Waals surface area contributed by atoms with Crippen molar-refractivity contribution >= 4 is 17.9 Å². The Kier molecular flexibility index (Phi) is 49.7. The van der Waals surface area contributed by atoms with E-state index in [1.54, 1.807) is 0 Å². The van der Waals surface area contributed by atoms with E-state index in [9.17, 15) is 19.5 Å². The minimum Gasteiger partial charge on any atom is -0.477 e. The van der Waals surface area contributed by atoms with Crippen LogP contribution < -0.4 is 0 Å². The maximum atomic E-state index is 12.8. The van der Waals surface area contributed by atoms with Crippen LogP contribution in [-0.2, 0) is 28.6 Å². The molecule has 0 aliphatic carbocycles. The Morgan fingerprint density at radius 3 is 1.19 bits per heavy atom. The molecule has 0 radical (unpaired) electrons. The summed E-state index contributed by atoms with van der Waals surface area (Å²) in [5, 5.41) is 9.68. The van der Waals surface area contributed by atoms with Gasteiger partial charge in [0.1, 0.15) is 6.61 Å². The summed E-state index contributed by atoms with van der Waals surface area (Å²) in [6.07, 6.45) is 68.3. The van der Waals surface area contributed by atoms with E-state index in [1.165, 1.54) is 128 Å². The first kappa shape index (κ1) is 66.8. The predicted molar refractivity (Wildman–Crippen MR) is 298 cm³/mol. The fraction of sp³-hybridized carbons (Fsp3) is 0.758. The molecule has 0 bridgehead atoms. The van der Waals surface area contributed by atoms with Gasteiger partial charge >= 0.3 is 17.9 Å². The Hall–Kier alpha value is -3.23. The lowest BCUT2D eigenvalue weighted by molar-refractivity contribution is -0.887. The average Bonchev–Trinajstić information content (AvgIpc) is 3.33. The van der Waals surface area contributed by atoms with Gasteiger partial charge in [-0.15, -0.1) is 0 Å². The molecule has 0 amide bonds. The van der Waals surface area contributed by atoms with Crippen LogP contribution in [-0.4, -0.2) is 80.6 Å². The summed E-state index contributed by atoms with van der Waals surface area (Å²) in [7, 11) is 5.53. The van der Waals surface area contributed by atoms with Crippen molar-refractivity contribution in [3.63, 3.8) is 0 Å². The number of likely N-dealkylation sites (N-methyl/N-ethyl adjacent to an activating group) is 1. The molecule has 0 saturated carbocycles. The summed E-state index contributed by atoms with van der Waals surface area (Å²) in [5.41, 5.74) is 0. The number of nitrogens with zero attached hydrogens (tertiary/aromatic N) is 1. The Morgan fingerprint density at radius 2 is 0.800 bits per heavy atom. The van der Waals surface area contributed by atoms with E-state index in [4.69, 9.17) is 14.2 Å². The van der Waals surface area contributed by atoms with Gasteiger partial charge in [-0.2, -0.15) is 0 Å². The van der Waals surface area contributed by atoms with Crippen molar-refractivity contribution in [2.24, 2.45) is 0 Å². The van der Waals surface area contributed by atoms with Crippen molar-refractivity contribution < 1.29 is 38.2 Å². The van der Waals surface area contributed by atoms with Gasteiger partial charge in [-0.05, 0) is 64.2 Å². The lowest BCUT2D eigenvalue weighted by atomic mass is 10.0. The number of allylic oxidation sites excluding steroid dienone is 12. The number of rotatable bonds is 52. The lowest BCUT2D eigenvalue weighted by Gasteiger charge is -2.31. The molecule has 0 saturated heterocycles. The summed E-state index contributed by atoms with van der Waals surface area (Å²) < 4.78 is 17.4. The quantitative estimate of drug-likeness (QED) is 0.0280. The highest BCUT2D eigenvalue weighted by molar-refractivity contribution is 5.72. The third kappa shape index (κ3) is 49.7. The Bertz CT molecular complexity index is 1370. The van der Waals surface area contributed by atoms with Crippen molar-refractivity contribution in [1.29, 1.82) is 0 Å². The molecule has 70 heavy (non-hydrogen) atoms. The highest BCUT2D eigenvalue weighted by atomic mass is 16.6. The fourth-order valence-corrected chi connectivity index (χ4v) is 8.45. The molecule has 0 spiro atoms. The molecule has 8 nitrogen and oxygen atoms in total. The number of unbranched alkanes of at least 4 members (excludes halogenated alkanes) is 26. The number of carboxylic acid groups (broad SMARTS) is 1. The van der Waals surface area contributed by atoms with Crippen LogP contribution >= 0.6 is 0 Å². The molecule has 0 rings (SSSR count). The molecule has 0 fully saturated rings. The summed E-state index contributed by atoms with van der Waals surface area (Å²) in [5.74, 6) is -1.49. The van der Waals surface area contributed by atoms with Crippen molar-refractivity contribution in [2.75, 3.05) is 41.0 Å². The number of esters is 2. The number of quaternary nitrogens is 1. The second-order valence-corrected chi connectivity index (χ2v) is 20.5. The van der Waals surface area contributed by atoms with Gasteiger partial charge < -0.3 is 23.8 Å². The van der Waals surface area contributed by atoms with Crippen LogP contribution in [0.1, 0.15) is 251 Å². The first-order valence-electron chi connectivity index (χ1n) is 29.0. The second kappa shape index (κ2) is 52.1. The van der Waals surface area contributed by atoms with Gasteiger partial charge in [0.15, 0.2) is 12.1 Å². The summed E-state index contributed by atoms with van der Waals surface area (Å²) in [6, 6.07) is -0.623. The van der Waals surface area contributed by atoms with E-state index in [-0.39, 0.29) is 36.2 Å². The average molecular weight is 982 g/mol. The van der Waals surface area contributed by atoms with Crippen LogP contribution in [0.5, 0.6) is 0 Å². The third-order valence-corrected chi connectivity index (χ3v) is 12.9. The van der Waals surface area contributed by atoms with Gasteiger partial charge in [0, 0.05) is 19.3 Å².